The molecule has 1 aromatic heterocycles. The molecular weight excluding hydrogens is 316 g/mol. The maximum atomic E-state index is 12.6. The molecule has 1 unspecified atom stereocenters. The van der Waals surface area contributed by atoms with Crippen molar-refractivity contribution in [3.05, 3.63) is 35.0 Å². The highest BCUT2D eigenvalue weighted by Gasteiger charge is 2.27. The van der Waals surface area contributed by atoms with Crippen LogP contribution in [0, 0.1) is 0 Å². The molecule has 2 aromatic rings. The van der Waals surface area contributed by atoms with E-state index in [4.69, 9.17) is 16.0 Å². The third-order valence-electron chi connectivity index (χ3n) is 4.51. The molecule has 2 heterocycles. The number of carbonyl (C=O) groups excluding carboxylic acids is 1. The fourth-order valence-electron chi connectivity index (χ4n) is 3.08. The monoisotopic (exact) mass is 336 g/mol. The van der Waals surface area contributed by atoms with Gasteiger partial charge < -0.3 is 14.4 Å². The predicted molar refractivity (Wildman–Crippen MR) is 89.9 cm³/mol. The lowest BCUT2D eigenvalue weighted by molar-refractivity contribution is 0.0451. The first kappa shape index (κ1) is 16.3. The van der Waals surface area contributed by atoms with Crippen molar-refractivity contribution in [2.45, 2.75) is 19.4 Å². The van der Waals surface area contributed by atoms with Crippen molar-refractivity contribution in [1.29, 1.82) is 0 Å². The van der Waals surface area contributed by atoms with E-state index >= 15 is 0 Å². The van der Waals surface area contributed by atoms with Gasteiger partial charge in [0.05, 0.1) is 11.6 Å². The zero-order chi connectivity index (χ0) is 16.4. The summed E-state index contributed by atoms with van der Waals surface area (Å²) in [5, 5.41) is 10.7. The van der Waals surface area contributed by atoms with Gasteiger partial charge in [-0.3, -0.25) is 9.69 Å². The first-order valence-corrected chi connectivity index (χ1v) is 8.34. The van der Waals surface area contributed by atoms with E-state index in [9.17, 15) is 9.90 Å². The third-order valence-corrected chi connectivity index (χ3v) is 4.80. The average Bonchev–Trinajstić information content (AvgIpc) is 3.02. The van der Waals surface area contributed by atoms with Gasteiger partial charge in [0.1, 0.15) is 0 Å². The van der Waals surface area contributed by atoms with Crippen LogP contribution in [0.25, 0.3) is 11.0 Å². The Hall–Kier alpha value is -1.56. The number of aliphatic hydroxyl groups excluding tert-OH is 1. The Labute approximate surface area is 140 Å². The van der Waals surface area contributed by atoms with Crippen LogP contribution in [0.15, 0.2) is 28.7 Å². The number of rotatable bonds is 4. The van der Waals surface area contributed by atoms with Gasteiger partial charge in [-0.2, -0.15) is 0 Å². The fourth-order valence-corrected chi connectivity index (χ4v) is 3.30. The number of benzene rings is 1. The molecule has 1 aliphatic heterocycles. The second-order valence-electron chi connectivity index (χ2n) is 5.84. The van der Waals surface area contributed by atoms with Crippen LogP contribution in [-0.4, -0.2) is 59.6 Å². The van der Waals surface area contributed by atoms with Crippen LogP contribution >= 0.6 is 11.6 Å². The van der Waals surface area contributed by atoms with E-state index in [0.29, 0.717) is 29.5 Å². The zero-order valence-corrected chi connectivity index (χ0v) is 13.9. The zero-order valence-electron chi connectivity index (χ0n) is 13.2. The molecule has 0 spiro atoms. The van der Waals surface area contributed by atoms with Gasteiger partial charge in [-0.15, -0.1) is 0 Å². The van der Waals surface area contributed by atoms with E-state index in [1.165, 1.54) is 0 Å². The fraction of sp³-hybridized carbons (Fsp3) is 0.471. The van der Waals surface area contributed by atoms with Crippen molar-refractivity contribution < 1.29 is 14.3 Å². The number of piperazine rings is 1. The summed E-state index contributed by atoms with van der Waals surface area (Å²) in [5.74, 6) is 0.227. The number of nitrogens with zero attached hydrogens (tertiary/aromatic N) is 2. The van der Waals surface area contributed by atoms with Gasteiger partial charge in [0, 0.05) is 37.6 Å². The van der Waals surface area contributed by atoms with Crippen LogP contribution < -0.4 is 0 Å². The van der Waals surface area contributed by atoms with E-state index in [1.54, 1.807) is 17.0 Å². The molecule has 124 valence electrons. The van der Waals surface area contributed by atoms with Crippen molar-refractivity contribution >= 4 is 28.5 Å². The van der Waals surface area contributed by atoms with E-state index in [1.807, 2.05) is 12.1 Å². The maximum Gasteiger partial charge on any atom is 0.289 e. The Morgan fingerprint density at radius 2 is 2.09 bits per heavy atom. The molecule has 1 aliphatic rings. The summed E-state index contributed by atoms with van der Waals surface area (Å²) < 4.78 is 5.65. The normalized spacial score (nSPS) is 17.6. The van der Waals surface area contributed by atoms with Crippen LogP contribution in [0.1, 0.15) is 23.9 Å². The van der Waals surface area contributed by atoms with Gasteiger partial charge in [0.25, 0.3) is 5.91 Å². The van der Waals surface area contributed by atoms with E-state index in [-0.39, 0.29) is 18.6 Å². The first-order chi connectivity index (χ1) is 11.1. The Morgan fingerprint density at radius 3 is 2.70 bits per heavy atom. The number of furan rings is 1. The van der Waals surface area contributed by atoms with Crippen molar-refractivity contribution in [1.82, 2.24) is 9.80 Å². The molecule has 1 N–H and O–H groups in total. The SMILES string of the molecule is CCC(CO)N1CCN(C(=O)c2cc3cccc(Cl)c3o2)CC1. The highest BCUT2D eigenvalue weighted by molar-refractivity contribution is 6.34. The smallest absolute Gasteiger partial charge is 0.289 e. The topological polar surface area (TPSA) is 56.9 Å². The molecule has 1 amide bonds. The molecule has 1 fully saturated rings. The largest absolute Gasteiger partial charge is 0.449 e. The Kier molecular flexibility index (Phi) is 4.90. The summed E-state index contributed by atoms with van der Waals surface area (Å²) in [4.78, 5) is 16.7. The van der Waals surface area contributed by atoms with Gasteiger partial charge in [-0.25, -0.2) is 0 Å². The van der Waals surface area contributed by atoms with E-state index in [0.717, 1.165) is 24.9 Å². The highest BCUT2D eigenvalue weighted by atomic mass is 35.5. The van der Waals surface area contributed by atoms with Crippen LogP contribution in [0.2, 0.25) is 5.02 Å². The second kappa shape index (κ2) is 6.91. The molecule has 0 bridgehead atoms. The van der Waals surface area contributed by atoms with Gasteiger partial charge in [0.2, 0.25) is 0 Å². The lowest BCUT2D eigenvalue weighted by Crippen LogP contribution is -2.52. The van der Waals surface area contributed by atoms with E-state index in [2.05, 4.69) is 11.8 Å². The van der Waals surface area contributed by atoms with E-state index < -0.39 is 0 Å². The van der Waals surface area contributed by atoms with Crippen LogP contribution in [0.3, 0.4) is 0 Å². The van der Waals surface area contributed by atoms with Crippen molar-refractivity contribution in [3.63, 3.8) is 0 Å². The van der Waals surface area contributed by atoms with Crippen LogP contribution in [0.4, 0.5) is 0 Å². The average molecular weight is 337 g/mol. The molecule has 5 nitrogen and oxygen atoms in total. The summed E-state index contributed by atoms with van der Waals surface area (Å²) in [6, 6.07) is 7.40. The Balaban J connectivity index is 1.70. The van der Waals surface area contributed by atoms with Crippen LogP contribution in [-0.2, 0) is 0 Å². The summed E-state index contributed by atoms with van der Waals surface area (Å²) in [5.41, 5.74) is 0.558. The molecule has 0 radical (unpaired) electrons. The minimum atomic E-state index is -0.103. The molecule has 3 rings (SSSR count). The summed E-state index contributed by atoms with van der Waals surface area (Å²) in [7, 11) is 0. The quantitative estimate of drug-likeness (QED) is 0.932. The van der Waals surface area contributed by atoms with Gasteiger partial charge in [0.15, 0.2) is 11.3 Å². The molecule has 1 saturated heterocycles. The summed E-state index contributed by atoms with van der Waals surface area (Å²) in [6.07, 6.45) is 0.909. The standard InChI is InChI=1S/C17H21ClN2O3/c1-2-13(11-21)19-6-8-20(9-7-19)17(22)15-10-12-4-3-5-14(18)16(12)23-15/h3-5,10,13,21H,2,6-9,11H2,1H3. The number of hydrogen-bond donors (Lipinski definition) is 1. The molecule has 0 aliphatic carbocycles. The first-order valence-electron chi connectivity index (χ1n) is 7.96. The van der Waals surface area contributed by atoms with Crippen LogP contribution in [0.5, 0.6) is 0 Å². The number of fused-ring (bicyclic) bond motifs is 1. The lowest BCUT2D eigenvalue weighted by atomic mass is 10.1. The van der Waals surface area contributed by atoms with Gasteiger partial charge in [-0.1, -0.05) is 30.7 Å². The number of aliphatic hydroxyl groups is 1. The van der Waals surface area contributed by atoms with Crippen molar-refractivity contribution in [2.24, 2.45) is 0 Å². The number of halogens is 1. The molecular formula is C17H21ClN2O3. The minimum absolute atomic E-state index is 0.103. The molecule has 6 heteroatoms. The van der Waals surface area contributed by atoms with Gasteiger partial charge in [-0.05, 0) is 18.6 Å². The molecule has 23 heavy (non-hydrogen) atoms. The number of amides is 1. The Bertz CT molecular complexity index is 688. The number of hydrogen-bond acceptors (Lipinski definition) is 4. The molecule has 1 atom stereocenters. The molecule has 0 saturated carbocycles. The summed E-state index contributed by atoms with van der Waals surface area (Å²) >= 11 is 6.10. The molecule has 1 aromatic carbocycles. The third kappa shape index (κ3) is 3.22. The van der Waals surface area contributed by atoms with Crippen molar-refractivity contribution in [2.75, 3.05) is 32.8 Å². The number of carbonyl (C=O) groups is 1. The van der Waals surface area contributed by atoms with Gasteiger partial charge >= 0.3 is 0 Å². The summed E-state index contributed by atoms with van der Waals surface area (Å²) in [6.45, 7) is 5.04. The lowest BCUT2D eigenvalue weighted by Gasteiger charge is -2.38. The highest BCUT2D eigenvalue weighted by Crippen LogP contribution is 2.27. The Morgan fingerprint density at radius 1 is 1.35 bits per heavy atom. The predicted octanol–water partition coefficient (Wildman–Crippen LogP) is 2.61. The maximum absolute atomic E-state index is 12.6. The number of para-hydroxylation sites is 1. The van der Waals surface area contributed by atoms with Crippen molar-refractivity contribution in [3.8, 4) is 0 Å². The minimum Gasteiger partial charge on any atom is -0.449 e. The second-order valence-corrected chi connectivity index (χ2v) is 6.25.